The molecule has 0 heterocycles. The summed E-state index contributed by atoms with van der Waals surface area (Å²) >= 11 is 0. The number of nitrogens with zero attached hydrogens (tertiary/aromatic N) is 1. The average Bonchev–Trinajstić information content (AvgIpc) is 2.74. The minimum absolute atomic E-state index is 0.0360. The lowest BCUT2D eigenvalue weighted by atomic mass is 10.0. The number of aliphatic hydroxyl groups excluding tert-OH is 2. The van der Waals surface area contributed by atoms with Crippen LogP contribution in [0.1, 0.15) is 116 Å². The van der Waals surface area contributed by atoms with Crippen molar-refractivity contribution in [3.05, 3.63) is 0 Å². The number of rotatable bonds is 24. The molecular weight excluding hydrogens is 378 g/mol. The van der Waals surface area contributed by atoms with E-state index in [0.717, 1.165) is 12.8 Å². The molecule has 0 saturated carbocycles. The summed E-state index contributed by atoms with van der Waals surface area (Å²) in [5.41, 5.74) is 0. The molecular formula is C25H51NO4. The molecule has 0 radical (unpaired) electrons. The molecule has 0 aromatic heterocycles. The zero-order valence-electron chi connectivity index (χ0n) is 19.9. The standard InChI is InChI=1S/C25H51NO4/c1-2-3-4-5-6-7-8-9-10-11-12-13-14-15-16-17-24-30-25(29)18-19-26(20-22-27)21-23-28/h27-28H,2-24H2,1H3. The Morgan fingerprint density at radius 2 is 1.03 bits per heavy atom. The van der Waals surface area contributed by atoms with Crippen LogP contribution in [0.2, 0.25) is 0 Å². The van der Waals surface area contributed by atoms with Crippen molar-refractivity contribution in [3.8, 4) is 0 Å². The quantitative estimate of drug-likeness (QED) is 0.157. The Kier molecular flexibility index (Phi) is 24.1. The molecule has 0 aliphatic rings. The van der Waals surface area contributed by atoms with Gasteiger partial charge in [-0.25, -0.2) is 0 Å². The van der Waals surface area contributed by atoms with Crippen molar-refractivity contribution >= 4 is 5.97 Å². The smallest absolute Gasteiger partial charge is 0.307 e. The molecule has 2 N–H and O–H groups in total. The number of hydrogen-bond acceptors (Lipinski definition) is 5. The number of aliphatic hydroxyl groups is 2. The number of ether oxygens (including phenoxy) is 1. The van der Waals surface area contributed by atoms with Gasteiger partial charge in [0.25, 0.3) is 0 Å². The van der Waals surface area contributed by atoms with Gasteiger partial charge in [-0.3, -0.25) is 9.69 Å². The Bertz CT molecular complexity index is 346. The van der Waals surface area contributed by atoms with Crippen molar-refractivity contribution in [2.75, 3.05) is 39.5 Å². The zero-order chi connectivity index (χ0) is 22.1. The Hall–Kier alpha value is -0.650. The SMILES string of the molecule is CCCCCCCCCCCCCCCCCCOC(=O)CCN(CCO)CCO. The van der Waals surface area contributed by atoms with E-state index in [-0.39, 0.29) is 19.2 Å². The maximum atomic E-state index is 11.7. The van der Waals surface area contributed by atoms with Crippen LogP contribution in [0.5, 0.6) is 0 Å². The first kappa shape index (κ1) is 29.4. The van der Waals surface area contributed by atoms with Crippen molar-refractivity contribution in [1.29, 1.82) is 0 Å². The van der Waals surface area contributed by atoms with Crippen LogP contribution in [0.25, 0.3) is 0 Å². The summed E-state index contributed by atoms with van der Waals surface area (Å²) in [6.45, 7) is 4.34. The topological polar surface area (TPSA) is 70.0 Å². The maximum absolute atomic E-state index is 11.7. The van der Waals surface area contributed by atoms with Crippen molar-refractivity contribution in [3.63, 3.8) is 0 Å². The molecule has 0 aromatic rings. The highest BCUT2D eigenvalue weighted by molar-refractivity contribution is 5.69. The third-order valence-electron chi connectivity index (χ3n) is 5.73. The summed E-state index contributed by atoms with van der Waals surface area (Å²) in [6, 6.07) is 0. The molecule has 5 heteroatoms. The van der Waals surface area contributed by atoms with Gasteiger partial charge in [-0.2, -0.15) is 0 Å². The number of esters is 1. The van der Waals surface area contributed by atoms with E-state index >= 15 is 0 Å². The van der Waals surface area contributed by atoms with Gasteiger partial charge in [-0.05, 0) is 6.42 Å². The average molecular weight is 430 g/mol. The van der Waals surface area contributed by atoms with Crippen molar-refractivity contribution in [1.82, 2.24) is 4.90 Å². The maximum Gasteiger partial charge on any atom is 0.307 e. The normalized spacial score (nSPS) is 11.3. The number of carbonyl (C=O) groups excluding carboxylic acids is 1. The van der Waals surface area contributed by atoms with Gasteiger partial charge in [0.2, 0.25) is 0 Å². The highest BCUT2D eigenvalue weighted by atomic mass is 16.5. The van der Waals surface area contributed by atoms with Gasteiger partial charge < -0.3 is 14.9 Å². The van der Waals surface area contributed by atoms with E-state index in [1.165, 1.54) is 89.9 Å². The molecule has 0 spiro atoms. The predicted octanol–water partition coefficient (Wildman–Crippen LogP) is 5.47. The molecule has 0 aliphatic heterocycles. The van der Waals surface area contributed by atoms with E-state index in [4.69, 9.17) is 14.9 Å². The predicted molar refractivity (Wildman–Crippen MR) is 126 cm³/mol. The van der Waals surface area contributed by atoms with Gasteiger partial charge in [-0.1, -0.05) is 103 Å². The Morgan fingerprint density at radius 1 is 0.633 bits per heavy atom. The Balaban J connectivity index is 3.26. The first-order valence-electron chi connectivity index (χ1n) is 12.8. The van der Waals surface area contributed by atoms with Gasteiger partial charge in [0.15, 0.2) is 0 Å². The minimum Gasteiger partial charge on any atom is -0.466 e. The Morgan fingerprint density at radius 3 is 1.43 bits per heavy atom. The minimum atomic E-state index is -0.183. The van der Waals surface area contributed by atoms with E-state index in [1.54, 1.807) is 0 Å². The van der Waals surface area contributed by atoms with Crippen LogP contribution in [0, 0.1) is 0 Å². The number of hydrogen-bond donors (Lipinski definition) is 2. The molecule has 0 aromatic carbocycles. The fourth-order valence-corrected chi connectivity index (χ4v) is 3.78. The largest absolute Gasteiger partial charge is 0.466 e. The molecule has 0 bridgehead atoms. The third-order valence-corrected chi connectivity index (χ3v) is 5.73. The monoisotopic (exact) mass is 429 g/mol. The highest BCUT2D eigenvalue weighted by Gasteiger charge is 2.08. The van der Waals surface area contributed by atoms with Crippen molar-refractivity contribution in [2.45, 2.75) is 116 Å². The van der Waals surface area contributed by atoms with Crippen LogP contribution < -0.4 is 0 Å². The fourth-order valence-electron chi connectivity index (χ4n) is 3.78. The lowest BCUT2D eigenvalue weighted by molar-refractivity contribution is -0.144. The van der Waals surface area contributed by atoms with Crippen LogP contribution in [-0.4, -0.2) is 60.5 Å². The van der Waals surface area contributed by atoms with E-state index in [0.29, 0.717) is 32.7 Å². The lowest BCUT2D eigenvalue weighted by Gasteiger charge is -2.19. The van der Waals surface area contributed by atoms with Gasteiger partial charge in [0.05, 0.1) is 26.2 Å². The van der Waals surface area contributed by atoms with Gasteiger partial charge >= 0.3 is 5.97 Å². The van der Waals surface area contributed by atoms with E-state index < -0.39 is 0 Å². The summed E-state index contributed by atoms with van der Waals surface area (Å²) in [5, 5.41) is 17.9. The van der Waals surface area contributed by atoms with Crippen LogP contribution in [-0.2, 0) is 9.53 Å². The summed E-state index contributed by atoms with van der Waals surface area (Å²) in [7, 11) is 0. The van der Waals surface area contributed by atoms with Crippen LogP contribution in [0.15, 0.2) is 0 Å². The van der Waals surface area contributed by atoms with Gasteiger partial charge in [0, 0.05) is 19.6 Å². The van der Waals surface area contributed by atoms with Crippen molar-refractivity contribution < 1.29 is 19.7 Å². The molecule has 30 heavy (non-hydrogen) atoms. The summed E-state index contributed by atoms with van der Waals surface area (Å²) in [6.07, 6.45) is 21.7. The summed E-state index contributed by atoms with van der Waals surface area (Å²) < 4.78 is 5.28. The second kappa shape index (κ2) is 24.6. The fraction of sp³-hybridized carbons (Fsp3) is 0.960. The number of carbonyl (C=O) groups is 1. The van der Waals surface area contributed by atoms with E-state index in [9.17, 15) is 4.79 Å². The molecule has 0 aliphatic carbocycles. The van der Waals surface area contributed by atoms with Crippen molar-refractivity contribution in [2.24, 2.45) is 0 Å². The third kappa shape index (κ3) is 22.0. The van der Waals surface area contributed by atoms with E-state index in [2.05, 4.69) is 6.92 Å². The lowest BCUT2D eigenvalue weighted by Crippen LogP contribution is -2.32. The first-order chi connectivity index (χ1) is 14.7. The number of unbranched alkanes of at least 4 members (excludes halogenated alkanes) is 15. The van der Waals surface area contributed by atoms with Crippen LogP contribution >= 0.6 is 0 Å². The second-order valence-electron chi connectivity index (χ2n) is 8.56. The summed E-state index contributed by atoms with van der Waals surface area (Å²) in [5.74, 6) is -0.183. The summed E-state index contributed by atoms with van der Waals surface area (Å²) in [4.78, 5) is 13.6. The molecule has 5 nitrogen and oxygen atoms in total. The highest BCUT2D eigenvalue weighted by Crippen LogP contribution is 2.13. The second-order valence-corrected chi connectivity index (χ2v) is 8.56. The first-order valence-corrected chi connectivity index (χ1v) is 12.8. The van der Waals surface area contributed by atoms with Crippen LogP contribution in [0.4, 0.5) is 0 Å². The molecule has 0 amide bonds. The molecule has 0 unspecified atom stereocenters. The van der Waals surface area contributed by atoms with E-state index in [1.807, 2.05) is 4.90 Å². The van der Waals surface area contributed by atoms with Crippen LogP contribution in [0.3, 0.4) is 0 Å². The molecule has 0 rings (SSSR count). The van der Waals surface area contributed by atoms with Gasteiger partial charge in [0.1, 0.15) is 0 Å². The van der Waals surface area contributed by atoms with Gasteiger partial charge in [-0.15, -0.1) is 0 Å². The molecule has 0 atom stereocenters. The molecule has 0 saturated heterocycles. The Labute approximate surface area is 186 Å². The molecule has 180 valence electrons. The zero-order valence-corrected chi connectivity index (χ0v) is 19.9. The molecule has 0 fully saturated rings.